The normalized spacial score (nSPS) is 19.4. The van der Waals surface area contributed by atoms with Crippen molar-refractivity contribution in [1.29, 1.82) is 0 Å². The van der Waals surface area contributed by atoms with Crippen LogP contribution in [0.1, 0.15) is 31.4 Å². The molecule has 1 atom stereocenters. The van der Waals surface area contributed by atoms with Gasteiger partial charge in [0.2, 0.25) is 5.91 Å². The number of alkyl halides is 3. The molecule has 2 aliphatic heterocycles. The van der Waals surface area contributed by atoms with Crippen molar-refractivity contribution in [2.75, 3.05) is 43.4 Å². The highest BCUT2D eigenvalue weighted by atomic mass is 32.2. The summed E-state index contributed by atoms with van der Waals surface area (Å²) in [5.74, 6) is -1.87. The number of carbonyl (C=O) groups excluding carboxylic acids is 1. The second-order valence-corrected chi connectivity index (χ2v) is 11.3. The number of nitrogens with zero attached hydrogens (tertiary/aromatic N) is 4. The molecule has 6 rings (SSSR count). The maximum absolute atomic E-state index is 15.0. The molecule has 3 aliphatic rings. The number of rotatable bonds is 5. The van der Waals surface area contributed by atoms with Crippen LogP contribution in [0.5, 0.6) is 0 Å². The first kappa shape index (κ1) is 27.0. The van der Waals surface area contributed by atoms with Gasteiger partial charge >= 0.3 is 11.9 Å². The molecule has 1 saturated carbocycles. The van der Waals surface area contributed by atoms with Gasteiger partial charge in [-0.25, -0.2) is 13.6 Å². The van der Waals surface area contributed by atoms with Gasteiger partial charge in [-0.2, -0.15) is 18.2 Å². The van der Waals surface area contributed by atoms with Crippen LogP contribution >= 0.6 is 11.8 Å². The zero-order valence-electron chi connectivity index (χ0n) is 21.4. The van der Waals surface area contributed by atoms with Gasteiger partial charge in [-0.3, -0.25) is 9.36 Å². The van der Waals surface area contributed by atoms with Crippen molar-refractivity contribution < 1.29 is 31.5 Å². The van der Waals surface area contributed by atoms with Crippen LogP contribution in [0.4, 0.5) is 27.8 Å². The average molecular weight is 581 g/mol. The lowest BCUT2D eigenvalue weighted by molar-refractivity contribution is -0.137. The zero-order chi connectivity index (χ0) is 28.3. The molecule has 1 unspecified atom stereocenters. The van der Waals surface area contributed by atoms with Gasteiger partial charge in [-0.1, -0.05) is 0 Å². The van der Waals surface area contributed by atoms with Crippen molar-refractivity contribution in [3.05, 3.63) is 51.9 Å². The quantitative estimate of drug-likeness (QED) is 0.402. The van der Waals surface area contributed by atoms with E-state index in [2.05, 4.69) is 4.98 Å². The number of hydrogen-bond donors (Lipinski definition) is 0. The molecular formula is C27H25F5N4O3S. The molecular weight excluding hydrogens is 555 g/mol. The summed E-state index contributed by atoms with van der Waals surface area (Å²) >= 11 is 1.10. The average Bonchev–Trinajstić information content (AvgIpc) is 3.73. The first-order chi connectivity index (χ1) is 19.0. The fourth-order valence-corrected chi connectivity index (χ4v) is 6.67. The number of thioether (sulfide) groups is 1. The Morgan fingerprint density at radius 2 is 1.85 bits per heavy atom. The van der Waals surface area contributed by atoms with Gasteiger partial charge in [-0.05, 0) is 31.0 Å². The standard InChI is InChI=1S/C27H25F5N4O3S/c1-14(37)34-6-8-35(9-7-34)25-19-11-20(27(30,31)32)22(18-5-2-15(28)10-21(18)29)24-23(19)36(26(38)33-25)16(13-40-24)12-39-17-3-4-17/h2,5,10-11,16-17H,3-4,6-9,12-13H2,1H3. The minimum absolute atomic E-state index is 0.0844. The van der Waals surface area contributed by atoms with E-state index in [0.717, 1.165) is 42.8 Å². The number of ether oxygens (including phenoxy) is 1. The van der Waals surface area contributed by atoms with E-state index in [9.17, 15) is 27.2 Å². The Morgan fingerprint density at radius 3 is 2.48 bits per heavy atom. The second kappa shape index (κ2) is 10.0. The summed E-state index contributed by atoms with van der Waals surface area (Å²) in [4.78, 5) is 33.0. The predicted molar refractivity (Wildman–Crippen MR) is 140 cm³/mol. The number of benzene rings is 2. The third-order valence-corrected chi connectivity index (χ3v) is 8.75. The highest BCUT2D eigenvalue weighted by Crippen LogP contribution is 2.50. The maximum Gasteiger partial charge on any atom is 0.417 e. The second-order valence-electron chi connectivity index (χ2n) is 10.2. The lowest BCUT2D eigenvalue weighted by Crippen LogP contribution is -2.49. The van der Waals surface area contributed by atoms with Gasteiger partial charge in [0.25, 0.3) is 0 Å². The third kappa shape index (κ3) is 4.83. The van der Waals surface area contributed by atoms with Gasteiger partial charge in [0.15, 0.2) is 0 Å². The van der Waals surface area contributed by atoms with E-state index in [-0.39, 0.29) is 59.1 Å². The van der Waals surface area contributed by atoms with Crippen molar-refractivity contribution in [3.63, 3.8) is 0 Å². The summed E-state index contributed by atoms with van der Waals surface area (Å²) in [6.07, 6.45) is -2.97. The highest BCUT2D eigenvalue weighted by molar-refractivity contribution is 7.99. The van der Waals surface area contributed by atoms with Gasteiger partial charge in [0.1, 0.15) is 17.5 Å². The Labute approximate surface area is 229 Å². The van der Waals surface area contributed by atoms with E-state index >= 15 is 4.39 Å². The Morgan fingerprint density at radius 1 is 1.12 bits per heavy atom. The molecule has 212 valence electrons. The monoisotopic (exact) mass is 580 g/mol. The molecule has 0 radical (unpaired) electrons. The zero-order valence-corrected chi connectivity index (χ0v) is 22.2. The van der Waals surface area contributed by atoms with Gasteiger partial charge < -0.3 is 14.5 Å². The SMILES string of the molecule is CC(=O)N1CCN(c2nc(=O)n3c4c(c(-c5ccc(F)cc5F)c(C(F)(F)F)cc24)SCC3COC2CC2)CC1. The molecule has 2 aromatic carbocycles. The Bertz CT molecular complexity index is 1560. The molecule has 40 heavy (non-hydrogen) atoms. The minimum atomic E-state index is -4.89. The topological polar surface area (TPSA) is 67.7 Å². The highest BCUT2D eigenvalue weighted by Gasteiger charge is 2.40. The molecule has 0 bridgehead atoms. The number of halogens is 5. The van der Waals surface area contributed by atoms with Crippen molar-refractivity contribution in [1.82, 2.24) is 14.5 Å². The maximum atomic E-state index is 15.0. The Balaban J connectivity index is 1.61. The van der Waals surface area contributed by atoms with E-state index in [1.165, 1.54) is 11.5 Å². The Hall–Kier alpha value is -3.19. The van der Waals surface area contributed by atoms with E-state index in [0.29, 0.717) is 19.2 Å². The number of amides is 1. The first-order valence-corrected chi connectivity index (χ1v) is 13.9. The third-order valence-electron chi connectivity index (χ3n) is 7.51. The summed E-state index contributed by atoms with van der Waals surface area (Å²) in [6.45, 7) is 2.83. The van der Waals surface area contributed by atoms with Crippen LogP contribution in [0.3, 0.4) is 0 Å². The molecule has 1 aliphatic carbocycles. The fraction of sp³-hybridized carbons (Fsp3) is 0.444. The number of piperazine rings is 1. The van der Waals surface area contributed by atoms with E-state index < -0.39 is 46.2 Å². The molecule has 1 saturated heterocycles. The number of anilines is 1. The minimum Gasteiger partial charge on any atom is -0.376 e. The first-order valence-electron chi connectivity index (χ1n) is 12.9. The number of hydrogen-bond acceptors (Lipinski definition) is 6. The van der Waals surface area contributed by atoms with Gasteiger partial charge in [0.05, 0.1) is 29.8 Å². The molecule has 1 aromatic heterocycles. The van der Waals surface area contributed by atoms with E-state index in [1.54, 1.807) is 9.80 Å². The molecule has 3 heterocycles. The summed E-state index contributed by atoms with van der Waals surface area (Å²) in [5.41, 5.74) is -2.37. The lowest BCUT2D eigenvalue weighted by Gasteiger charge is -2.37. The summed E-state index contributed by atoms with van der Waals surface area (Å²) in [5, 5.41) is 0.105. The molecule has 2 fully saturated rings. The van der Waals surface area contributed by atoms with Crippen LogP contribution in [-0.2, 0) is 15.7 Å². The van der Waals surface area contributed by atoms with E-state index in [4.69, 9.17) is 4.74 Å². The van der Waals surface area contributed by atoms with Gasteiger partial charge in [0, 0.05) is 66.3 Å². The van der Waals surface area contributed by atoms with Crippen molar-refractivity contribution >= 4 is 34.4 Å². The Kier molecular flexibility index (Phi) is 6.76. The summed E-state index contributed by atoms with van der Waals surface area (Å²) in [6, 6.07) is 2.87. The van der Waals surface area contributed by atoms with Crippen molar-refractivity contribution in [2.24, 2.45) is 0 Å². The van der Waals surface area contributed by atoms with Gasteiger partial charge in [-0.15, -0.1) is 11.8 Å². The molecule has 3 aromatic rings. The van der Waals surface area contributed by atoms with Crippen LogP contribution in [0.2, 0.25) is 0 Å². The number of carbonyl (C=O) groups is 1. The fourth-order valence-electron chi connectivity index (χ4n) is 5.35. The molecule has 0 N–H and O–H groups in total. The van der Waals surface area contributed by atoms with Crippen LogP contribution in [-0.4, -0.2) is 65.0 Å². The predicted octanol–water partition coefficient (Wildman–Crippen LogP) is 4.85. The summed E-state index contributed by atoms with van der Waals surface area (Å²) in [7, 11) is 0. The molecule has 0 spiro atoms. The smallest absolute Gasteiger partial charge is 0.376 e. The van der Waals surface area contributed by atoms with Crippen molar-refractivity contribution in [2.45, 2.75) is 43.0 Å². The van der Waals surface area contributed by atoms with Crippen LogP contribution in [0.25, 0.3) is 22.0 Å². The molecule has 1 amide bonds. The molecule has 7 nitrogen and oxygen atoms in total. The van der Waals surface area contributed by atoms with Crippen LogP contribution in [0, 0.1) is 11.6 Å². The van der Waals surface area contributed by atoms with Crippen LogP contribution in [0.15, 0.2) is 34.0 Å². The summed E-state index contributed by atoms with van der Waals surface area (Å²) < 4.78 is 79.9. The molecule has 13 heteroatoms. The van der Waals surface area contributed by atoms with E-state index in [1.807, 2.05) is 0 Å². The lowest BCUT2D eigenvalue weighted by atomic mass is 9.95. The van der Waals surface area contributed by atoms with Crippen LogP contribution < -0.4 is 10.6 Å². The van der Waals surface area contributed by atoms with Crippen molar-refractivity contribution in [3.8, 4) is 11.1 Å². The largest absolute Gasteiger partial charge is 0.417 e. The number of aromatic nitrogens is 2.